The SMILES string of the molecule is COc1ccc(Cc2noc(-c3ccc(N4CCN5CCC[C@H]5C4)nc3)n2)cc1. The van der Waals surface area contributed by atoms with Crippen LogP contribution in [0.25, 0.3) is 11.5 Å². The first-order chi connectivity index (χ1) is 14.3. The van der Waals surface area contributed by atoms with Gasteiger partial charge in [-0.1, -0.05) is 17.3 Å². The number of rotatable bonds is 5. The van der Waals surface area contributed by atoms with Gasteiger partial charge in [-0.05, 0) is 49.2 Å². The Morgan fingerprint density at radius 2 is 2.00 bits per heavy atom. The second-order valence-corrected chi connectivity index (χ2v) is 7.72. The smallest absolute Gasteiger partial charge is 0.259 e. The molecule has 0 radical (unpaired) electrons. The van der Waals surface area contributed by atoms with E-state index in [9.17, 15) is 0 Å². The minimum atomic E-state index is 0.508. The summed E-state index contributed by atoms with van der Waals surface area (Å²) in [6.07, 6.45) is 5.07. The Hall–Kier alpha value is -2.93. The fourth-order valence-electron chi connectivity index (χ4n) is 4.27. The number of nitrogens with zero attached hydrogens (tertiary/aromatic N) is 5. The third kappa shape index (κ3) is 3.82. The van der Waals surface area contributed by atoms with Crippen molar-refractivity contribution in [2.24, 2.45) is 0 Å². The zero-order valence-electron chi connectivity index (χ0n) is 16.6. The number of piperazine rings is 1. The van der Waals surface area contributed by atoms with Crippen LogP contribution in [0.4, 0.5) is 5.82 Å². The van der Waals surface area contributed by atoms with Crippen molar-refractivity contribution in [1.29, 1.82) is 0 Å². The third-order valence-corrected chi connectivity index (χ3v) is 5.90. The van der Waals surface area contributed by atoms with Gasteiger partial charge in [0.1, 0.15) is 11.6 Å². The van der Waals surface area contributed by atoms with Crippen LogP contribution in [-0.4, -0.2) is 59.4 Å². The number of aromatic nitrogens is 3. The first-order valence-corrected chi connectivity index (χ1v) is 10.2. The number of pyridine rings is 1. The van der Waals surface area contributed by atoms with Gasteiger partial charge in [0.05, 0.1) is 12.7 Å². The summed E-state index contributed by atoms with van der Waals surface area (Å²) in [5, 5.41) is 4.12. The second kappa shape index (κ2) is 7.83. The Bertz CT molecular complexity index is 954. The van der Waals surface area contributed by atoms with Gasteiger partial charge < -0.3 is 14.2 Å². The van der Waals surface area contributed by atoms with Gasteiger partial charge in [0.2, 0.25) is 0 Å². The lowest BCUT2D eigenvalue weighted by atomic mass is 10.1. The molecule has 0 spiro atoms. The molecular formula is C22H25N5O2. The van der Waals surface area contributed by atoms with E-state index in [0.29, 0.717) is 24.2 Å². The van der Waals surface area contributed by atoms with E-state index in [1.54, 1.807) is 7.11 Å². The van der Waals surface area contributed by atoms with Gasteiger partial charge in [-0.25, -0.2) is 4.98 Å². The van der Waals surface area contributed by atoms with E-state index >= 15 is 0 Å². The van der Waals surface area contributed by atoms with Gasteiger partial charge in [-0.15, -0.1) is 0 Å². The van der Waals surface area contributed by atoms with E-state index in [1.807, 2.05) is 36.5 Å². The Kier molecular flexibility index (Phi) is 4.89. The highest BCUT2D eigenvalue weighted by Gasteiger charge is 2.30. The fourth-order valence-corrected chi connectivity index (χ4v) is 4.27. The van der Waals surface area contributed by atoms with Crippen LogP contribution in [0.15, 0.2) is 47.1 Å². The lowest BCUT2D eigenvalue weighted by Crippen LogP contribution is -2.50. The van der Waals surface area contributed by atoms with E-state index in [-0.39, 0.29) is 0 Å². The monoisotopic (exact) mass is 391 g/mol. The Balaban J connectivity index is 1.25. The summed E-state index contributed by atoms with van der Waals surface area (Å²) in [6.45, 7) is 4.49. The van der Waals surface area contributed by atoms with E-state index in [1.165, 1.54) is 19.4 Å². The fraction of sp³-hybridized carbons (Fsp3) is 0.409. The maximum atomic E-state index is 5.46. The van der Waals surface area contributed by atoms with Gasteiger partial charge in [0, 0.05) is 38.3 Å². The van der Waals surface area contributed by atoms with Gasteiger partial charge in [0.15, 0.2) is 5.82 Å². The van der Waals surface area contributed by atoms with Crippen molar-refractivity contribution in [2.45, 2.75) is 25.3 Å². The maximum Gasteiger partial charge on any atom is 0.259 e. The van der Waals surface area contributed by atoms with Crippen LogP contribution < -0.4 is 9.64 Å². The lowest BCUT2D eigenvalue weighted by Gasteiger charge is -2.38. The number of benzene rings is 1. The van der Waals surface area contributed by atoms with Crippen molar-refractivity contribution in [2.75, 3.05) is 38.2 Å². The molecule has 0 unspecified atom stereocenters. The minimum absolute atomic E-state index is 0.508. The molecule has 150 valence electrons. The van der Waals surface area contributed by atoms with Crippen LogP contribution in [0, 0.1) is 0 Å². The predicted octanol–water partition coefficient (Wildman–Crippen LogP) is 3.02. The van der Waals surface area contributed by atoms with Gasteiger partial charge in [-0.3, -0.25) is 4.90 Å². The molecule has 4 heterocycles. The number of ether oxygens (including phenoxy) is 1. The summed E-state index contributed by atoms with van der Waals surface area (Å²) in [7, 11) is 1.66. The molecule has 0 aliphatic carbocycles. The standard InChI is InChI=1S/C22H25N5O2/c1-28-19-7-4-16(5-8-19)13-20-24-22(29-25-20)17-6-9-21(23-14-17)27-12-11-26-10-2-3-18(26)15-27/h4-9,14,18H,2-3,10-13,15H2,1H3/t18-/m0/s1. The summed E-state index contributed by atoms with van der Waals surface area (Å²) < 4.78 is 10.7. The van der Waals surface area contributed by atoms with Crippen molar-refractivity contribution < 1.29 is 9.26 Å². The molecule has 0 N–H and O–H groups in total. The van der Waals surface area contributed by atoms with Gasteiger partial charge in [0.25, 0.3) is 5.89 Å². The Labute approximate surface area is 170 Å². The topological polar surface area (TPSA) is 67.5 Å². The van der Waals surface area contributed by atoms with E-state index < -0.39 is 0 Å². The van der Waals surface area contributed by atoms with Crippen molar-refractivity contribution in [3.05, 3.63) is 54.0 Å². The highest BCUT2D eigenvalue weighted by Crippen LogP contribution is 2.26. The van der Waals surface area contributed by atoms with Crippen LogP contribution in [0.2, 0.25) is 0 Å². The van der Waals surface area contributed by atoms with Crippen LogP contribution in [0.3, 0.4) is 0 Å². The average Bonchev–Trinajstić information content (AvgIpc) is 3.43. The zero-order chi connectivity index (χ0) is 19.6. The Morgan fingerprint density at radius 3 is 2.79 bits per heavy atom. The molecule has 2 fully saturated rings. The molecule has 7 heteroatoms. The number of fused-ring (bicyclic) bond motifs is 1. The van der Waals surface area contributed by atoms with Crippen LogP contribution in [-0.2, 0) is 6.42 Å². The van der Waals surface area contributed by atoms with Crippen molar-refractivity contribution >= 4 is 5.82 Å². The summed E-state index contributed by atoms with van der Waals surface area (Å²) in [4.78, 5) is 14.2. The molecule has 3 aromatic rings. The molecule has 2 aliphatic heterocycles. The van der Waals surface area contributed by atoms with Crippen LogP contribution >= 0.6 is 0 Å². The summed E-state index contributed by atoms with van der Waals surface area (Å²) in [6, 6.07) is 12.7. The molecule has 1 atom stereocenters. The van der Waals surface area contributed by atoms with E-state index in [2.05, 4.69) is 31.0 Å². The quantitative estimate of drug-likeness (QED) is 0.662. The van der Waals surface area contributed by atoms with E-state index in [4.69, 9.17) is 9.26 Å². The first kappa shape index (κ1) is 18.1. The van der Waals surface area contributed by atoms with Crippen molar-refractivity contribution in [3.8, 4) is 17.2 Å². The number of hydrogen-bond acceptors (Lipinski definition) is 7. The number of methoxy groups -OCH3 is 1. The third-order valence-electron chi connectivity index (χ3n) is 5.90. The molecule has 2 aromatic heterocycles. The summed E-state index contributed by atoms with van der Waals surface area (Å²) in [5.74, 6) is 3.03. The van der Waals surface area contributed by atoms with E-state index in [0.717, 1.165) is 42.3 Å². The number of anilines is 1. The molecule has 1 aromatic carbocycles. The normalized spacial score (nSPS) is 19.3. The molecule has 7 nitrogen and oxygen atoms in total. The minimum Gasteiger partial charge on any atom is -0.497 e. The largest absolute Gasteiger partial charge is 0.497 e. The summed E-state index contributed by atoms with van der Waals surface area (Å²) in [5.41, 5.74) is 1.96. The molecule has 5 rings (SSSR count). The Morgan fingerprint density at radius 1 is 1.10 bits per heavy atom. The highest BCUT2D eigenvalue weighted by molar-refractivity contribution is 5.55. The van der Waals surface area contributed by atoms with Gasteiger partial charge in [-0.2, -0.15) is 4.98 Å². The summed E-state index contributed by atoms with van der Waals surface area (Å²) >= 11 is 0. The van der Waals surface area contributed by atoms with Gasteiger partial charge >= 0.3 is 0 Å². The molecule has 29 heavy (non-hydrogen) atoms. The lowest BCUT2D eigenvalue weighted by molar-refractivity contribution is 0.230. The van der Waals surface area contributed by atoms with Crippen molar-refractivity contribution in [3.63, 3.8) is 0 Å². The predicted molar refractivity (Wildman–Crippen MR) is 110 cm³/mol. The highest BCUT2D eigenvalue weighted by atomic mass is 16.5. The van der Waals surface area contributed by atoms with Crippen LogP contribution in [0.1, 0.15) is 24.2 Å². The average molecular weight is 391 g/mol. The van der Waals surface area contributed by atoms with Crippen molar-refractivity contribution in [1.82, 2.24) is 20.0 Å². The molecule has 0 amide bonds. The molecular weight excluding hydrogens is 366 g/mol. The number of hydrogen-bond donors (Lipinski definition) is 0. The first-order valence-electron chi connectivity index (χ1n) is 10.2. The maximum absolute atomic E-state index is 5.46. The van der Waals surface area contributed by atoms with Crippen LogP contribution in [0.5, 0.6) is 5.75 Å². The molecule has 2 aliphatic rings. The molecule has 0 bridgehead atoms. The molecule has 2 saturated heterocycles. The zero-order valence-corrected chi connectivity index (χ0v) is 16.6. The second-order valence-electron chi connectivity index (χ2n) is 7.72. The molecule has 0 saturated carbocycles.